The summed E-state index contributed by atoms with van der Waals surface area (Å²) in [5, 5.41) is 4.20. The van der Waals surface area contributed by atoms with E-state index >= 15 is 0 Å². The molecule has 0 amide bonds. The SMILES string of the molecule is Cc1cc(C)c2cc(CNc3c(C)n(C)n(-c4ccccc4)c3=O)c(=O)[nH]c2c1. The predicted octanol–water partition coefficient (Wildman–Crippen LogP) is 3.55. The normalized spacial score (nSPS) is 11.2. The van der Waals surface area contributed by atoms with Gasteiger partial charge in [-0.3, -0.25) is 14.3 Å². The lowest BCUT2D eigenvalue weighted by Gasteiger charge is -2.08. The van der Waals surface area contributed by atoms with E-state index in [0.717, 1.165) is 33.4 Å². The molecule has 0 aliphatic heterocycles. The van der Waals surface area contributed by atoms with Gasteiger partial charge in [0.1, 0.15) is 5.69 Å². The Bertz CT molecular complexity index is 1330. The molecule has 0 aliphatic carbocycles. The summed E-state index contributed by atoms with van der Waals surface area (Å²) in [4.78, 5) is 28.5. The minimum absolute atomic E-state index is 0.139. The third-order valence-electron chi connectivity index (χ3n) is 5.40. The van der Waals surface area contributed by atoms with Crippen molar-refractivity contribution in [3.05, 3.63) is 91.6 Å². The van der Waals surface area contributed by atoms with Crippen molar-refractivity contribution in [3.8, 4) is 5.69 Å². The highest BCUT2D eigenvalue weighted by Crippen LogP contribution is 2.19. The molecule has 4 aromatic rings. The molecule has 6 heteroatoms. The zero-order valence-corrected chi connectivity index (χ0v) is 17.0. The van der Waals surface area contributed by atoms with Crippen LogP contribution in [0.15, 0.2) is 58.1 Å². The van der Waals surface area contributed by atoms with Crippen molar-refractivity contribution >= 4 is 16.6 Å². The molecule has 0 fully saturated rings. The molecule has 0 bridgehead atoms. The summed E-state index contributed by atoms with van der Waals surface area (Å²) in [5.41, 5.74) is 5.46. The van der Waals surface area contributed by atoms with E-state index in [1.807, 2.05) is 75.0 Å². The minimum Gasteiger partial charge on any atom is -0.375 e. The standard InChI is InChI=1S/C23H24N4O2/c1-14-10-15(2)19-12-17(22(28)25-20(19)11-14)13-24-21-16(3)26(4)27(23(21)29)18-8-6-5-7-9-18/h5-12,24H,13H2,1-4H3,(H,25,28). The van der Waals surface area contributed by atoms with Crippen LogP contribution >= 0.6 is 0 Å². The van der Waals surface area contributed by atoms with E-state index in [1.54, 1.807) is 4.68 Å². The van der Waals surface area contributed by atoms with Gasteiger partial charge in [0.2, 0.25) is 0 Å². The van der Waals surface area contributed by atoms with E-state index in [9.17, 15) is 9.59 Å². The maximum absolute atomic E-state index is 13.0. The summed E-state index contributed by atoms with van der Waals surface area (Å²) in [6.07, 6.45) is 0. The molecule has 0 atom stereocenters. The monoisotopic (exact) mass is 388 g/mol. The first-order valence-electron chi connectivity index (χ1n) is 9.58. The number of H-pyrrole nitrogens is 1. The number of pyridine rings is 1. The number of aromatic amines is 1. The summed E-state index contributed by atoms with van der Waals surface area (Å²) in [6.45, 7) is 6.20. The van der Waals surface area contributed by atoms with Crippen LogP contribution in [-0.2, 0) is 13.6 Å². The van der Waals surface area contributed by atoms with E-state index in [4.69, 9.17) is 0 Å². The van der Waals surface area contributed by atoms with Crippen molar-refractivity contribution in [1.29, 1.82) is 0 Å². The van der Waals surface area contributed by atoms with E-state index in [0.29, 0.717) is 11.3 Å². The predicted molar refractivity (Wildman–Crippen MR) is 117 cm³/mol. The summed E-state index contributed by atoms with van der Waals surface area (Å²) in [6, 6.07) is 15.5. The Hall–Kier alpha value is -3.54. The fraction of sp³-hybridized carbons (Fsp3) is 0.217. The molecule has 148 valence electrons. The van der Waals surface area contributed by atoms with Gasteiger partial charge in [-0.05, 0) is 56.2 Å². The molecule has 0 saturated heterocycles. The fourth-order valence-electron chi connectivity index (χ4n) is 3.80. The molecule has 0 saturated carbocycles. The third kappa shape index (κ3) is 3.27. The van der Waals surface area contributed by atoms with Crippen molar-refractivity contribution in [3.63, 3.8) is 0 Å². The maximum Gasteiger partial charge on any atom is 0.295 e. The van der Waals surface area contributed by atoms with Crippen molar-refractivity contribution in [2.75, 3.05) is 5.32 Å². The summed E-state index contributed by atoms with van der Waals surface area (Å²) < 4.78 is 3.44. The minimum atomic E-state index is -0.146. The molecule has 0 radical (unpaired) electrons. The van der Waals surface area contributed by atoms with E-state index < -0.39 is 0 Å². The van der Waals surface area contributed by atoms with E-state index in [1.165, 1.54) is 0 Å². The second kappa shape index (κ2) is 7.13. The first-order chi connectivity index (χ1) is 13.9. The number of para-hydroxylation sites is 1. The largest absolute Gasteiger partial charge is 0.375 e. The highest BCUT2D eigenvalue weighted by Gasteiger charge is 2.16. The lowest BCUT2D eigenvalue weighted by molar-refractivity contribution is 0.630. The smallest absolute Gasteiger partial charge is 0.295 e. The van der Waals surface area contributed by atoms with Gasteiger partial charge in [0.25, 0.3) is 11.1 Å². The number of nitrogens with zero attached hydrogens (tertiary/aromatic N) is 2. The molecule has 4 rings (SSSR count). The first-order valence-corrected chi connectivity index (χ1v) is 9.58. The topological polar surface area (TPSA) is 71.8 Å². The van der Waals surface area contributed by atoms with Gasteiger partial charge < -0.3 is 10.3 Å². The lowest BCUT2D eigenvalue weighted by Crippen LogP contribution is -2.22. The van der Waals surface area contributed by atoms with Crippen LogP contribution in [-0.4, -0.2) is 14.3 Å². The molecule has 2 aromatic carbocycles. The maximum atomic E-state index is 13.0. The molecular formula is C23H24N4O2. The van der Waals surface area contributed by atoms with Crippen LogP contribution in [0.3, 0.4) is 0 Å². The second-order valence-electron chi connectivity index (χ2n) is 7.46. The Balaban J connectivity index is 1.71. The average molecular weight is 388 g/mol. The van der Waals surface area contributed by atoms with Crippen LogP contribution < -0.4 is 16.4 Å². The summed E-state index contributed by atoms with van der Waals surface area (Å²) in [7, 11) is 1.85. The number of nitrogens with one attached hydrogen (secondary N) is 2. The van der Waals surface area contributed by atoms with Crippen molar-refractivity contribution in [1.82, 2.24) is 14.3 Å². The zero-order chi connectivity index (χ0) is 20.7. The van der Waals surface area contributed by atoms with Gasteiger partial charge in [0.15, 0.2) is 0 Å². The number of aryl methyl sites for hydroxylation is 2. The van der Waals surface area contributed by atoms with Gasteiger partial charge in [-0.2, -0.15) is 0 Å². The number of fused-ring (bicyclic) bond motifs is 1. The van der Waals surface area contributed by atoms with Crippen LogP contribution in [0, 0.1) is 20.8 Å². The Morgan fingerprint density at radius 1 is 1.00 bits per heavy atom. The Morgan fingerprint density at radius 2 is 1.72 bits per heavy atom. The highest BCUT2D eigenvalue weighted by molar-refractivity contribution is 5.83. The van der Waals surface area contributed by atoms with Gasteiger partial charge in [-0.25, -0.2) is 4.68 Å². The molecule has 2 aromatic heterocycles. The zero-order valence-electron chi connectivity index (χ0n) is 17.0. The highest BCUT2D eigenvalue weighted by atomic mass is 16.1. The number of benzene rings is 2. The Labute approximate surface area is 168 Å². The first kappa shape index (κ1) is 18.8. The molecule has 0 unspecified atom stereocenters. The van der Waals surface area contributed by atoms with Crippen LogP contribution in [0.25, 0.3) is 16.6 Å². The molecular weight excluding hydrogens is 364 g/mol. The lowest BCUT2D eigenvalue weighted by atomic mass is 10.0. The van der Waals surface area contributed by atoms with Crippen molar-refractivity contribution in [2.45, 2.75) is 27.3 Å². The van der Waals surface area contributed by atoms with E-state index in [-0.39, 0.29) is 17.7 Å². The van der Waals surface area contributed by atoms with Gasteiger partial charge in [-0.15, -0.1) is 0 Å². The number of hydrogen-bond acceptors (Lipinski definition) is 3. The van der Waals surface area contributed by atoms with Gasteiger partial charge >= 0.3 is 0 Å². The molecule has 2 N–H and O–H groups in total. The van der Waals surface area contributed by atoms with Crippen molar-refractivity contribution in [2.24, 2.45) is 7.05 Å². The average Bonchev–Trinajstić information content (AvgIpc) is 2.90. The number of hydrogen-bond donors (Lipinski definition) is 2. The second-order valence-corrected chi connectivity index (χ2v) is 7.46. The third-order valence-corrected chi connectivity index (χ3v) is 5.40. The van der Waals surface area contributed by atoms with Crippen molar-refractivity contribution < 1.29 is 0 Å². The number of aromatic nitrogens is 3. The fourth-order valence-corrected chi connectivity index (χ4v) is 3.80. The van der Waals surface area contributed by atoms with Gasteiger partial charge in [0, 0.05) is 30.1 Å². The summed E-state index contributed by atoms with van der Waals surface area (Å²) >= 11 is 0. The summed E-state index contributed by atoms with van der Waals surface area (Å²) in [5.74, 6) is 0. The molecule has 2 heterocycles. The van der Waals surface area contributed by atoms with Gasteiger partial charge in [-0.1, -0.05) is 24.3 Å². The molecule has 6 nitrogen and oxygen atoms in total. The number of anilines is 1. The number of rotatable bonds is 4. The van der Waals surface area contributed by atoms with Crippen LogP contribution in [0.5, 0.6) is 0 Å². The molecule has 0 spiro atoms. The van der Waals surface area contributed by atoms with E-state index in [2.05, 4.69) is 16.4 Å². The molecule has 0 aliphatic rings. The Morgan fingerprint density at radius 3 is 2.45 bits per heavy atom. The Kier molecular flexibility index (Phi) is 4.62. The molecule has 29 heavy (non-hydrogen) atoms. The van der Waals surface area contributed by atoms with Gasteiger partial charge in [0.05, 0.1) is 11.4 Å². The van der Waals surface area contributed by atoms with Crippen LogP contribution in [0.1, 0.15) is 22.4 Å². The quantitative estimate of drug-likeness (QED) is 0.562. The van der Waals surface area contributed by atoms with Crippen LogP contribution in [0.2, 0.25) is 0 Å². The van der Waals surface area contributed by atoms with Crippen LogP contribution in [0.4, 0.5) is 5.69 Å².